The Balaban J connectivity index is 2.79. The summed E-state index contributed by atoms with van der Waals surface area (Å²) in [7, 11) is 3.27. The third-order valence-electron chi connectivity index (χ3n) is 2.50. The minimum atomic E-state index is 0.560. The molecule has 0 fully saturated rings. The Morgan fingerprint density at radius 3 is 2.65 bits per heavy atom. The smallest absolute Gasteiger partial charge is 0.145 e. The highest BCUT2D eigenvalue weighted by Gasteiger charge is 2.08. The monoisotopic (exact) mass is 234 g/mol. The van der Waals surface area contributed by atoms with Gasteiger partial charge in [-0.2, -0.15) is 5.26 Å². The molecule has 0 saturated heterocycles. The lowest BCUT2D eigenvalue weighted by Gasteiger charge is -2.15. The standard InChI is InChI=1S/C13H18N2O2/c1-10-8-11(16-2)9-12(17-3)13(10)15-7-5-4-6-14/h8-9,15H,4-5,7H2,1-3H3. The van der Waals surface area contributed by atoms with Crippen molar-refractivity contribution >= 4 is 5.69 Å². The predicted octanol–water partition coefficient (Wildman–Crippen LogP) is 2.73. The molecule has 0 heterocycles. The van der Waals surface area contributed by atoms with Crippen LogP contribution in [0.3, 0.4) is 0 Å². The van der Waals surface area contributed by atoms with Gasteiger partial charge in [-0.1, -0.05) is 0 Å². The van der Waals surface area contributed by atoms with E-state index < -0.39 is 0 Å². The number of benzene rings is 1. The Morgan fingerprint density at radius 2 is 2.06 bits per heavy atom. The molecule has 0 aliphatic heterocycles. The highest BCUT2D eigenvalue weighted by Crippen LogP contribution is 2.32. The van der Waals surface area contributed by atoms with Crippen molar-refractivity contribution in [3.8, 4) is 17.6 Å². The number of methoxy groups -OCH3 is 2. The minimum Gasteiger partial charge on any atom is -0.497 e. The molecule has 1 N–H and O–H groups in total. The van der Waals surface area contributed by atoms with Crippen LogP contribution in [-0.2, 0) is 0 Å². The van der Waals surface area contributed by atoms with Crippen LogP contribution in [0.1, 0.15) is 18.4 Å². The maximum atomic E-state index is 8.47. The number of anilines is 1. The fourth-order valence-electron chi connectivity index (χ4n) is 1.61. The molecule has 0 radical (unpaired) electrons. The Kier molecular flexibility index (Phi) is 5.15. The van der Waals surface area contributed by atoms with Crippen molar-refractivity contribution < 1.29 is 9.47 Å². The fraction of sp³-hybridized carbons (Fsp3) is 0.462. The van der Waals surface area contributed by atoms with Gasteiger partial charge in [0.2, 0.25) is 0 Å². The fourth-order valence-corrected chi connectivity index (χ4v) is 1.61. The quantitative estimate of drug-likeness (QED) is 0.769. The third-order valence-corrected chi connectivity index (χ3v) is 2.50. The molecule has 1 aromatic carbocycles. The van der Waals surface area contributed by atoms with Gasteiger partial charge in [-0.15, -0.1) is 0 Å². The highest BCUT2D eigenvalue weighted by molar-refractivity contribution is 5.64. The lowest BCUT2D eigenvalue weighted by molar-refractivity contribution is 0.395. The topological polar surface area (TPSA) is 54.3 Å². The Labute approximate surface area is 102 Å². The van der Waals surface area contributed by atoms with Gasteiger partial charge in [-0.25, -0.2) is 0 Å². The van der Waals surface area contributed by atoms with Crippen LogP contribution in [-0.4, -0.2) is 20.8 Å². The molecule has 0 amide bonds. The first-order valence-corrected chi connectivity index (χ1v) is 5.56. The van der Waals surface area contributed by atoms with Crippen molar-refractivity contribution in [2.24, 2.45) is 0 Å². The Bertz CT molecular complexity index is 411. The largest absolute Gasteiger partial charge is 0.497 e. The molecule has 1 rings (SSSR count). The molecule has 4 nitrogen and oxygen atoms in total. The highest BCUT2D eigenvalue weighted by atomic mass is 16.5. The summed E-state index contributed by atoms with van der Waals surface area (Å²) in [5.41, 5.74) is 2.03. The summed E-state index contributed by atoms with van der Waals surface area (Å²) < 4.78 is 10.5. The van der Waals surface area contributed by atoms with Gasteiger partial charge >= 0.3 is 0 Å². The second-order valence-corrected chi connectivity index (χ2v) is 3.71. The first kappa shape index (κ1) is 13.2. The van der Waals surface area contributed by atoms with E-state index >= 15 is 0 Å². The number of aryl methyl sites for hydroxylation is 1. The summed E-state index contributed by atoms with van der Waals surface area (Å²) in [6.45, 7) is 2.76. The lowest BCUT2D eigenvalue weighted by Crippen LogP contribution is -2.05. The molecule has 0 saturated carbocycles. The third kappa shape index (κ3) is 3.56. The maximum absolute atomic E-state index is 8.47. The van der Waals surface area contributed by atoms with Gasteiger partial charge in [0.1, 0.15) is 11.5 Å². The second kappa shape index (κ2) is 6.64. The summed E-state index contributed by atoms with van der Waals surface area (Å²) in [4.78, 5) is 0. The number of ether oxygens (including phenoxy) is 2. The van der Waals surface area contributed by atoms with Crippen LogP contribution in [0.25, 0.3) is 0 Å². The van der Waals surface area contributed by atoms with Crippen LogP contribution in [0, 0.1) is 18.3 Å². The van der Waals surface area contributed by atoms with Crippen molar-refractivity contribution in [2.45, 2.75) is 19.8 Å². The molecule has 4 heteroatoms. The van der Waals surface area contributed by atoms with Gasteiger partial charge in [0, 0.05) is 19.0 Å². The molecule has 0 bridgehead atoms. The summed E-state index contributed by atoms with van der Waals surface area (Å²) in [6, 6.07) is 5.92. The maximum Gasteiger partial charge on any atom is 0.145 e. The average Bonchev–Trinajstić information content (AvgIpc) is 2.35. The number of hydrogen-bond donors (Lipinski definition) is 1. The first-order valence-electron chi connectivity index (χ1n) is 5.56. The zero-order valence-corrected chi connectivity index (χ0v) is 10.5. The van der Waals surface area contributed by atoms with Gasteiger partial charge < -0.3 is 14.8 Å². The number of hydrogen-bond acceptors (Lipinski definition) is 4. The molecule has 17 heavy (non-hydrogen) atoms. The van der Waals surface area contributed by atoms with Gasteiger partial charge in [-0.05, 0) is 25.0 Å². The normalized spacial score (nSPS) is 9.53. The van der Waals surface area contributed by atoms with Crippen molar-refractivity contribution in [3.63, 3.8) is 0 Å². The summed E-state index contributed by atoms with van der Waals surface area (Å²) >= 11 is 0. The minimum absolute atomic E-state index is 0.560. The van der Waals surface area contributed by atoms with Gasteiger partial charge in [-0.3, -0.25) is 0 Å². The van der Waals surface area contributed by atoms with E-state index in [0.29, 0.717) is 6.42 Å². The molecule has 92 valence electrons. The Hall–Kier alpha value is -1.89. The van der Waals surface area contributed by atoms with Crippen molar-refractivity contribution in [2.75, 3.05) is 26.1 Å². The number of nitrogens with one attached hydrogen (secondary N) is 1. The zero-order valence-electron chi connectivity index (χ0n) is 10.5. The van der Waals surface area contributed by atoms with E-state index in [9.17, 15) is 0 Å². The first-order chi connectivity index (χ1) is 8.22. The summed E-state index contributed by atoms with van der Waals surface area (Å²) in [5, 5.41) is 11.8. The molecule has 1 aromatic rings. The van der Waals surface area contributed by atoms with Crippen molar-refractivity contribution in [3.05, 3.63) is 17.7 Å². The van der Waals surface area contributed by atoms with Crippen LogP contribution < -0.4 is 14.8 Å². The van der Waals surface area contributed by atoms with Gasteiger partial charge in [0.05, 0.1) is 26.0 Å². The molecule has 0 aliphatic rings. The average molecular weight is 234 g/mol. The van der Waals surface area contributed by atoms with Crippen LogP contribution in [0.5, 0.6) is 11.5 Å². The van der Waals surface area contributed by atoms with E-state index in [1.54, 1.807) is 14.2 Å². The molecule has 0 aromatic heterocycles. The van der Waals surface area contributed by atoms with E-state index in [-0.39, 0.29) is 0 Å². The lowest BCUT2D eigenvalue weighted by atomic mass is 10.1. The number of unbranched alkanes of at least 4 members (excludes halogenated alkanes) is 1. The van der Waals surface area contributed by atoms with E-state index in [2.05, 4.69) is 11.4 Å². The number of nitrogens with zero attached hydrogens (tertiary/aromatic N) is 1. The van der Waals surface area contributed by atoms with E-state index in [0.717, 1.165) is 35.7 Å². The molecule has 0 unspecified atom stereocenters. The molecular weight excluding hydrogens is 216 g/mol. The number of rotatable bonds is 6. The molecular formula is C13H18N2O2. The van der Waals surface area contributed by atoms with Crippen LogP contribution in [0.2, 0.25) is 0 Å². The van der Waals surface area contributed by atoms with Crippen LogP contribution in [0.4, 0.5) is 5.69 Å². The summed E-state index contributed by atoms with van der Waals surface area (Å²) in [5.74, 6) is 1.54. The van der Waals surface area contributed by atoms with Crippen molar-refractivity contribution in [1.82, 2.24) is 0 Å². The number of nitriles is 1. The van der Waals surface area contributed by atoms with Crippen LogP contribution >= 0.6 is 0 Å². The SMILES string of the molecule is COc1cc(C)c(NCCCC#N)c(OC)c1. The Morgan fingerprint density at radius 1 is 1.29 bits per heavy atom. The summed E-state index contributed by atoms with van der Waals surface area (Å²) in [6.07, 6.45) is 1.38. The molecule has 0 atom stereocenters. The van der Waals surface area contributed by atoms with Gasteiger partial charge in [0.25, 0.3) is 0 Å². The van der Waals surface area contributed by atoms with Gasteiger partial charge in [0.15, 0.2) is 0 Å². The van der Waals surface area contributed by atoms with E-state index in [4.69, 9.17) is 14.7 Å². The molecule has 0 aliphatic carbocycles. The zero-order chi connectivity index (χ0) is 12.7. The van der Waals surface area contributed by atoms with E-state index in [1.165, 1.54) is 0 Å². The van der Waals surface area contributed by atoms with Crippen LogP contribution in [0.15, 0.2) is 12.1 Å². The second-order valence-electron chi connectivity index (χ2n) is 3.71. The molecule has 0 spiro atoms. The van der Waals surface area contributed by atoms with Crippen molar-refractivity contribution in [1.29, 1.82) is 5.26 Å². The predicted molar refractivity (Wildman–Crippen MR) is 67.6 cm³/mol. The van der Waals surface area contributed by atoms with E-state index in [1.807, 2.05) is 19.1 Å².